The van der Waals surface area contributed by atoms with Crippen molar-refractivity contribution < 1.29 is 4.79 Å². The van der Waals surface area contributed by atoms with Crippen molar-refractivity contribution in [3.8, 4) is 0 Å². The fourth-order valence-electron chi connectivity index (χ4n) is 3.77. The SMILES string of the molecule is CC(C)n1cc(C(=O)NCC2CCCCCC2)c2c(Cl)cccc21. The molecule has 4 heteroatoms. The standard InChI is InChI=1S/C20H27ClN2O/c1-14(2)23-13-16(19-17(21)10-7-11-18(19)23)20(24)22-12-15-8-5-3-4-6-9-15/h7,10-11,13-15H,3-6,8-9,12H2,1-2H3,(H,22,24). The summed E-state index contributed by atoms with van der Waals surface area (Å²) in [6.45, 7) is 5.01. The lowest BCUT2D eigenvalue weighted by atomic mass is 10.0. The summed E-state index contributed by atoms with van der Waals surface area (Å²) < 4.78 is 2.13. The number of benzene rings is 1. The maximum Gasteiger partial charge on any atom is 0.253 e. The van der Waals surface area contributed by atoms with Crippen LogP contribution in [0.25, 0.3) is 10.9 Å². The molecule has 0 unspecified atom stereocenters. The molecule has 1 aliphatic carbocycles. The van der Waals surface area contributed by atoms with Crippen LogP contribution in [0.4, 0.5) is 0 Å². The van der Waals surface area contributed by atoms with Crippen molar-refractivity contribution >= 4 is 28.4 Å². The van der Waals surface area contributed by atoms with Crippen molar-refractivity contribution in [3.05, 3.63) is 35.0 Å². The summed E-state index contributed by atoms with van der Waals surface area (Å²) in [7, 11) is 0. The lowest BCUT2D eigenvalue weighted by molar-refractivity contribution is 0.0947. The predicted octanol–water partition coefficient (Wildman–Crippen LogP) is 5.58. The normalized spacial score (nSPS) is 16.5. The number of rotatable bonds is 4. The average Bonchev–Trinajstić information content (AvgIpc) is 2.77. The number of halogens is 1. The summed E-state index contributed by atoms with van der Waals surface area (Å²) in [5.41, 5.74) is 1.72. The number of amides is 1. The smallest absolute Gasteiger partial charge is 0.253 e. The Balaban J connectivity index is 1.81. The zero-order chi connectivity index (χ0) is 17.1. The van der Waals surface area contributed by atoms with Gasteiger partial charge in [-0.2, -0.15) is 0 Å². The first-order valence-corrected chi connectivity index (χ1v) is 9.53. The first-order chi connectivity index (χ1) is 11.6. The Morgan fingerprint density at radius 1 is 1.25 bits per heavy atom. The number of carbonyl (C=O) groups is 1. The second-order valence-corrected chi connectivity index (χ2v) is 7.65. The van der Waals surface area contributed by atoms with Gasteiger partial charge in [-0.05, 0) is 44.7 Å². The average molecular weight is 347 g/mol. The molecule has 1 aromatic heterocycles. The topological polar surface area (TPSA) is 34.0 Å². The van der Waals surface area contributed by atoms with E-state index in [9.17, 15) is 4.79 Å². The Hall–Kier alpha value is -1.48. The molecular weight excluding hydrogens is 320 g/mol. The molecule has 0 radical (unpaired) electrons. The molecule has 1 aliphatic rings. The minimum Gasteiger partial charge on any atom is -0.352 e. The highest BCUT2D eigenvalue weighted by atomic mass is 35.5. The Labute approximate surface area is 149 Å². The fraction of sp³-hybridized carbons (Fsp3) is 0.550. The van der Waals surface area contributed by atoms with Crippen molar-refractivity contribution in [2.75, 3.05) is 6.54 Å². The van der Waals surface area contributed by atoms with Gasteiger partial charge >= 0.3 is 0 Å². The van der Waals surface area contributed by atoms with Crippen molar-refractivity contribution in [1.29, 1.82) is 0 Å². The molecule has 1 N–H and O–H groups in total. The molecular formula is C20H27ClN2O. The van der Waals surface area contributed by atoms with E-state index in [0.717, 1.165) is 17.4 Å². The van der Waals surface area contributed by atoms with Crippen LogP contribution in [0.1, 0.15) is 68.8 Å². The molecule has 3 nitrogen and oxygen atoms in total. The predicted molar refractivity (Wildman–Crippen MR) is 101 cm³/mol. The summed E-state index contributed by atoms with van der Waals surface area (Å²) in [4.78, 5) is 12.8. The van der Waals surface area contributed by atoms with Gasteiger partial charge in [0.1, 0.15) is 0 Å². The number of hydrogen-bond acceptors (Lipinski definition) is 1. The fourth-order valence-corrected chi connectivity index (χ4v) is 4.04. The van der Waals surface area contributed by atoms with E-state index < -0.39 is 0 Å². The maximum absolute atomic E-state index is 12.8. The van der Waals surface area contributed by atoms with Gasteiger partial charge in [-0.15, -0.1) is 0 Å². The molecule has 0 spiro atoms. The van der Waals surface area contributed by atoms with Crippen LogP contribution >= 0.6 is 11.6 Å². The van der Waals surface area contributed by atoms with Crippen molar-refractivity contribution in [1.82, 2.24) is 9.88 Å². The highest BCUT2D eigenvalue weighted by Crippen LogP contribution is 2.31. The van der Waals surface area contributed by atoms with Gasteiger partial charge in [-0.25, -0.2) is 0 Å². The molecule has 1 heterocycles. The van der Waals surface area contributed by atoms with E-state index in [4.69, 9.17) is 11.6 Å². The second-order valence-electron chi connectivity index (χ2n) is 7.25. The number of nitrogens with zero attached hydrogens (tertiary/aromatic N) is 1. The summed E-state index contributed by atoms with van der Waals surface area (Å²) in [5.74, 6) is 0.613. The van der Waals surface area contributed by atoms with E-state index in [1.165, 1.54) is 38.5 Å². The Morgan fingerprint density at radius 2 is 1.96 bits per heavy atom. The highest BCUT2D eigenvalue weighted by molar-refractivity contribution is 6.36. The molecule has 0 aliphatic heterocycles. The highest BCUT2D eigenvalue weighted by Gasteiger charge is 2.20. The van der Waals surface area contributed by atoms with Gasteiger partial charge in [0.15, 0.2) is 0 Å². The third-order valence-corrected chi connectivity index (χ3v) is 5.45. The van der Waals surface area contributed by atoms with E-state index in [0.29, 0.717) is 16.5 Å². The number of carbonyl (C=O) groups excluding carboxylic acids is 1. The van der Waals surface area contributed by atoms with Crippen LogP contribution < -0.4 is 5.32 Å². The lowest BCUT2D eigenvalue weighted by Gasteiger charge is -2.14. The molecule has 24 heavy (non-hydrogen) atoms. The Kier molecular flexibility index (Phi) is 5.50. The largest absolute Gasteiger partial charge is 0.352 e. The Bertz CT molecular complexity index is 712. The van der Waals surface area contributed by atoms with Gasteiger partial charge in [0.25, 0.3) is 5.91 Å². The molecule has 0 atom stereocenters. The zero-order valence-corrected chi connectivity index (χ0v) is 15.4. The number of nitrogens with one attached hydrogen (secondary N) is 1. The van der Waals surface area contributed by atoms with Crippen LogP contribution in [-0.2, 0) is 0 Å². The molecule has 1 amide bonds. The third-order valence-electron chi connectivity index (χ3n) is 5.13. The van der Waals surface area contributed by atoms with Crippen LogP contribution in [0.2, 0.25) is 5.02 Å². The van der Waals surface area contributed by atoms with Crippen molar-refractivity contribution in [2.45, 2.75) is 58.4 Å². The number of fused-ring (bicyclic) bond motifs is 1. The van der Waals surface area contributed by atoms with Crippen LogP contribution in [0.3, 0.4) is 0 Å². The molecule has 1 aromatic carbocycles. The van der Waals surface area contributed by atoms with Crippen molar-refractivity contribution in [2.24, 2.45) is 5.92 Å². The first kappa shape index (κ1) is 17.3. The van der Waals surface area contributed by atoms with Crippen LogP contribution in [0, 0.1) is 5.92 Å². The quantitative estimate of drug-likeness (QED) is 0.721. The molecule has 3 rings (SSSR count). The lowest BCUT2D eigenvalue weighted by Crippen LogP contribution is -2.29. The molecule has 2 aromatic rings. The second kappa shape index (κ2) is 7.60. The van der Waals surface area contributed by atoms with E-state index in [2.05, 4.69) is 23.7 Å². The minimum atomic E-state index is -0.00301. The van der Waals surface area contributed by atoms with E-state index in [1.54, 1.807) is 0 Å². The molecule has 0 bridgehead atoms. The monoisotopic (exact) mass is 346 g/mol. The number of aromatic nitrogens is 1. The van der Waals surface area contributed by atoms with E-state index >= 15 is 0 Å². The Morgan fingerprint density at radius 3 is 2.62 bits per heavy atom. The van der Waals surface area contributed by atoms with Gasteiger partial charge in [-0.3, -0.25) is 4.79 Å². The molecule has 1 fully saturated rings. The summed E-state index contributed by atoms with van der Waals surface area (Å²) in [5, 5.41) is 4.67. The van der Waals surface area contributed by atoms with Gasteiger partial charge < -0.3 is 9.88 Å². The maximum atomic E-state index is 12.8. The summed E-state index contributed by atoms with van der Waals surface area (Å²) >= 11 is 6.40. The summed E-state index contributed by atoms with van der Waals surface area (Å²) in [6, 6.07) is 6.12. The van der Waals surface area contributed by atoms with Crippen molar-refractivity contribution in [3.63, 3.8) is 0 Å². The molecule has 130 valence electrons. The van der Waals surface area contributed by atoms with Crippen LogP contribution in [0.5, 0.6) is 0 Å². The van der Waals surface area contributed by atoms with Gasteiger partial charge in [-0.1, -0.05) is 43.4 Å². The van der Waals surface area contributed by atoms with Crippen LogP contribution in [-0.4, -0.2) is 17.0 Å². The first-order valence-electron chi connectivity index (χ1n) is 9.15. The molecule has 0 saturated heterocycles. The van der Waals surface area contributed by atoms with Gasteiger partial charge in [0.2, 0.25) is 0 Å². The van der Waals surface area contributed by atoms with Crippen LogP contribution in [0.15, 0.2) is 24.4 Å². The number of hydrogen-bond donors (Lipinski definition) is 1. The minimum absolute atomic E-state index is 0.00301. The van der Waals surface area contributed by atoms with Gasteiger partial charge in [0.05, 0.1) is 16.1 Å². The summed E-state index contributed by atoms with van der Waals surface area (Å²) in [6.07, 6.45) is 9.66. The van der Waals surface area contributed by atoms with E-state index in [-0.39, 0.29) is 11.9 Å². The third kappa shape index (κ3) is 3.61. The molecule has 1 saturated carbocycles. The van der Waals surface area contributed by atoms with E-state index in [1.807, 2.05) is 24.4 Å². The van der Waals surface area contributed by atoms with Gasteiger partial charge in [0, 0.05) is 24.2 Å². The zero-order valence-electron chi connectivity index (χ0n) is 14.6.